The highest BCUT2D eigenvalue weighted by molar-refractivity contribution is 6.10. The standard InChI is InChI=1S/C19H17N3O4/c23-11-15-9-20-12-22(15)10-13-5-7-14(8-6-13)21-18(24)16-3-1-2-4-17(16)19(25)26/h1-9,12,23H,10-11H2,(H,21,24)(H,25,26). The number of aromatic nitrogens is 2. The van der Waals surface area contributed by atoms with Crippen molar-refractivity contribution in [2.75, 3.05) is 5.32 Å². The van der Waals surface area contributed by atoms with Gasteiger partial charge in [0.15, 0.2) is 0 Å². The van der Waals surface area contributed by atoms with Gasteiger partial charge in [0, 0.05) is 12.2 Å². The third-order valence-electron chi connectivity index (χ3n) is 3.93. The van der Waals surface area contributed by atoms with E-state index in [1.54, 1.807) is 36.8 Å². The van der Waals surface area contributed by atoms with Crippen LogP contribution in [0, 0.1) is 0 Å². The zero-order chi connectivity index (χ0) is 18.5. The van der Waals surface area contributed by atoms with Crippen molar-refractivity contribution >= 4 is 17.6 Å². The summed E-state index contributed by atoms with van der Waals surface area (Å²) in [6, 6.07) is 13.2. The first kappa shape index (κ1) is 17.4. The van der Waals surface area contributed by atoms with Crippen LogP contribution >= 0.6 is 0 Å². The van der Waals surface area contributed by atoms with E-state index in [0.717, 1.165) is 5.56 Å². The number of carboxylic acid groups (broad SMARTS) is 1. The Morgan fingerprint density at radius 3 is 2.38 bits per heavy atom. The summed E-state index contributed by atoms with van der Waals surface area (Å²) in [5, 5.41) is 21.1. The number of nitrogens with one attached hydrogen (secondary N) is 1. The summed E-state index contributed by atoms with van der Waals surface area (Å²) < 4.78 is 1.83. The van der Waals surface area contributed by atoms with Crippen molar-refractivity contribution in [2.45, 2.75) is 13.2 Å². The van der Waals surface area contributed by atoms with Gasteiger partial charge in [0.05, 0.1) is 36.0 Å². The molecule has 1 heterocycles. The van der Waals surface area contributed by atoms with E-state index in [1.165, 1.54) is 12.1 Å². The zero-order valence-electron chi connectivity index (χ0n) is 13.8. The number of aliphatic hydroxyl groups is 1. The van der Waals surface area contributed by atoms with Crippen molar-refractivity contribution in [1.82, 2.24) is 9.55 Å². The van der Waals surface area contributed by atoms with E-state index in [-0.39, 0.29) is 17.7 Å². The summed E-state index contributed by atoms with van der Waals surface area (Å²) in [7, 11) is 0. The maximum Gasteiger partial charge on any atom is 0.336 e. The quantitative estimate of drug-likeness (QED) is 0.632. The molecule has 0 fully saturated rings. The first-order chi connectivity index (χ1) is 12.6. The second-order valence-corrected chi connectivity index (χ2v) is 5.67. The number of aliphatic hydroxyl groups excluding tert-OH is 1. The summed E-state index contributed by atoms with van der Waals surface area (Å²) in [5.41, 5.74) is 2.31. The Labute approximate surface area is 149 Å². The number of carboxylic acids is 1. The molecule has 2 aromatic carbocycles. The number of hydrogen-bond acceptors (Lipinski definition) is 4. The van der Waals surface area contributed by atoms with Gasteiger partial charge in [-0.2, -0.15) is 0 Å². The molecule has 3 N–H and O–H groups in total. The van der Waals surface area contributed by atoms with Gasteiger partial charge in [-0.05, 0) is 29.8 Å². The number of anilines is 1. The van der Waals surface area contributed by atoms with Crippen LogP contribution in [0.1, 0.15) is 32.0 Å². The number of carbonyl (C=O) groups is 2. The molecule has 3 aromatic rings. The van der Waals surface area contributed by atoms with Crippen molar-refractivity contribution in [2.24, 2.45) is 0 Å². The number of rotatable bonds is 6. The number of hydrogen-bond donors (Lipinski definition) is 3. The highest BCUT2D eigenvalue weighted by Crippen LogP contribution is 2.15. The molecule has 0 unspecified atom stereocenters. The molecular formula is C19H17N3O4. The Hall–Kier alpha value is -3.45. The van der Waals surface area contributed by atoms with Crippen molar-refractivity contribution in [3.05, 3.63) is 83.4 Å². The van der Waals surface area contributed by atoms with Crippen LogP contribution in [0.15, 0.2) is 61.1 Å². The van der Waals surface area contributed by atoms with Gasteiger partial charge in [0.1, 0.15) is 0 Å². The summed E-state index contributed by atoms with van der Waals surface area (Å²) >= 11 is 0. The molecule has 1 amide bonds. The lowest BCUT2D eigenvalue weighted by atomic mass is 10.1. The third kappa shape index (κ3) is 3.79. The van der Waals surface area contributed by atoms with Crippen LogP contribution in [0.4, 0.5) is 5.69 Å². The summed E-state index contributed by atoms with van der Waals surface area (Å²) in [6.07, 6.45) is 3.25. The van der Waals surface area contributed by atoms with E-state index in [9.17, 15) is 19.8 Å². The van der Waals surface area contributed by atoms with Gasteiger partial charge in [-0.15, -0.1) is 0 Å². The molecule has 0 saturated heterocycles. The number of carbonyl (C=O) groups excluding carboxylic acids is 1. The lowest BCUT2D eigenvalue weighted by molar-refractivity contribution is 0.0692. The van der Waals surface area contributed by atoms with E-state index >= 15 is 0 Å². The maximum atomic E-state index is 12.3. The fourth-order valence-electron chi connectivity index (χ4n) is 2.58. The smallest absolute Gasteiger partial charge is 0.336 e. The van der Waals surface area contributed by atoms with Crippen LogP contribution in [-0.4, -0.2) is 31.6 Å². The zero-order valence-corrected chi connectivity index (χ0v) is 13.8. The molecule has 132 valence electrons. The number of benzene rings is 2. The summed E-state index contributed by atoms with van der Waals surface area (Å²) in [5.74, 6) is -1.63. The van der Waals surface area contributed by atoms with Crippen molar-refractivity contribution in [1.29, 1.82) is 0 Å². The van der Waals surface area contributed by atoms with Gasteiger partial charge in [0.2, 0.25) is 0 Å². The fourth-order valence-corrected chi connectivity index (χ4v) is 2.58. The van der Waals surface area contributed by atoms with Crippen molar-refractivity contribution in [3.63, 3.8) is 0 Å². The topological polar surface area (TPSA) is 104 Å². The minimum Gasteiger partial charge on any atom is -0.478 e. The minimum atomic E-state index is -1.15. The molecule has 0 atom stereocenters. The lowest BCUT2D eigenvalue weighted by Gasteiger charge is -2.10. The van der Waals surface area contributed by atoms with E-state index < -0.39 is 11.9 Å². The van der Waals surface area contributed by atoms with E-state index in [4.69, 9.17) is 0 Å². The van der Waals surface area contributed by atoms with E-state index in [2.05, 4.69) is 10.3 Å². The van der Waals surface area contributed by atoms with Gasteiger partial charge in [0.25, 0.3) is 5.91 Å². The maximum absolute atomic E-state index is 12.3. The van der Waals surface area contributed by atoms with Gasteiger partial charge < -0.3 is 20.1 Å². The Morgan fingerprint density at radius 1 is 1.04 bits per heavy atom. The minimum absolute atomic E-state index is 0.0433. The lowest BCUT2D eigenvalue weighted by Crippen LogP contribution is -2.16. The van der Waals surface area contributed by atoms with Gasteiger partial charge in [-0.1, -0.05) is 24.3 Å². The van der Waals surface area contributed by atoms with Crippen LogP contribution in [-0.2, 0) is 13.2 Å². The molecule has 0 aliphatic heterocycles. The Bertz CT molecular complexity index is 932. The first-order valence-corrected chi connectivity index (χ1v) is 7.91. The number of amides is 1. The summed E-state index contributed by atoms with van der Waals surface area (Å²) in [4.78, 5) is 27.6. The second-order valence-electron chi connectivity index (χ2n) is 5.67. The van der Waals surface area contributed by atoms with E-state index in [1.807, 2.05) is 16.7 Å². The average molecular weight is 351 g/mol. The molecular weight excluding hydrogens is 334 g/mol. The van der Waals surface area contributed by atoms with Crippen molar-refractivity contribution < 1.29 is 19.8 Å². The number of aromatic carboxylic acids is 1. The van der Waals surface area contributed by atoms with E-state index in [0.29, 0.717) is 17.9 Å². The molecule has 26 heavy (non-hydrogen) atoms. The fraction of sp³-hybridized carbons (Fsp3) is 0.105. The molecule has 0 bridgehead atoms. The highest BCUT2D eigenvalue weighted by atomic mass is 16.4. The van der Waals surface area contributed by atoms with Crippen LogP contribution in [0.25, 0.3) is 0 Å². The van der Waals surface area contributed by atoms with Crippen LogP contribution in [0.5, 0.6) is 0 Å². The molecule has 0 saturated carbocycles. The SMILES string of the molecule is O=C(O)c1ccccc1C(=O)Nc1ccc(Cn2cncc2CO)cc1. The summed E-state index contributed by atoms with van der Waals surface area (Å²) in [6.45, 7) is 0.461. The number of imidazole rings is 1. The van der Waals surface area contributed by atoms with Gasteiger partial charge >= 0.3 is 5.97 Å². The van der Waals surface area contributed by atoms with Gasteiger partial charge in [-0.3, -0.25) is 4.79 Å². The Morgan fingerprint density at radius 2 is 1.73 bits per heavy atom. The Balaban J connectivity index is 1.72. The van der Waals surface area contributed by atoms with Gasteiger partial charge in [-0.25, -0.2) is 9.78 Å². The predicted molar refractivity (Wildman–Crippen MR) is 95.0 cm³/mol. The predicted octanol–water partition coefficient (Wildman–Crippen LogP) is 2.37. The molecule has 3 rings (SSSR count). The van der Waals surface area contributed by atoms with Crippen LogP contribution in [0.3, 0.4) is 0 Å². The van der Waals surface area contributed by atoms with Crippen LogP contribution in [0.2, 0.25) is 0 Å². The second kappa shape index (κ2) is 7.62. The molecule has 0 aliphatic rings. The van der Waals surface area contributed by atoms with Crippen molar-refractivity contribution in [3.8, 4) is 0 Å². The molecule has 1 aromatic heterocycles. The molecule has 0 aliphatic carbocycles. The largest absolute Gasteiger partial charge is 0.478 e. The highest BCUT2D eigenvalue weighted by Gasteiger charge is 2.15. The first-order valence-electron chi connectivity index (χ1n) is 7.91. The molecule has 0 spiro atoms. The molecule has 7 heteroatoms. The molecule has 0 radical (unpaired) electrons. The number of nitrogens with zero attached hydrogens (tertiary/aromatic N) is 2. The average Bonchev–Trinajstić information content (AvgIpc) is 3.10. The monoisotopic (exact) mass is 351 g/mol. The van der Waals surface area contributed by atoms with Crippen LogP contribution < -0.4 is 5.32 Å². The third-order valence-corrected chi connectivity index (χ3v) is 3.93. The molecule has 7 nitrogen and oxygen atoms in total. The Kier molecular flexibility index (Phi) is 5.09. The normalized spacial score (nSPS) is 10.5.